The van der Waals surface area contributed by atoms with Gasteiger partial charge in [-0.2, -0.15) is 0 Å². The van der Waals surface area contributed by atoms with E-state index in [1.165, 1.54) is 113 Å². The predicted octanol–water partition coefficient (Wildman–Crippen LogP) is 16.5. The fraction of sp³-hybridized carbons (Fsp3) is 1.00. The second-order valence-electron chi connectivity index (χ2n) is 22.3. The Morgan fingerprint density at radius 1 is 0.270 bits per heavy atom. The van der Waals surface area contributed by atoms with E-state index in [1.807, 2.05) is 0 Å². The second-order valence-corrected chi connectivity index (χ2v) is 41.8. The first-order valence-corrected chi connectivity index (χ1v) is 50.3. The minimum Gasteiger partial charge on any atom is -0.392 e. The monoisotopic (exact) mass is 1200 g/mol. The Kier molecular flexibility index (Phi) is 49.5. The summed E-state index contributed by atoms with van der Waals surface area (Å²) in [5, 5.41) is 0. The number of rotatable bonds is 57. The van der Waals surface area contributed by atoms with Crippen molar-refractivity contribution >= 4 is 91.6 Å². The topological polar surface area (TPSA) is 83.1 Å². The smallest absolute Gasteiger partial charge is 0.392 e. The van der Waals surface area contributed by atoms with Crippen LogP contribution in [0, 0.1) is 0 Å². The lowest BCUT2D eigenvalue weighted by Crippen LogP contribution is -2.47. The van der Waals surface area contributed by atoms with Gasteiger partial charge in [-0.15, -0.1) is 0 Å². The maximum atomic E-state index is 6.99. The maximum Gasteiger partial charge on any atom is 0.497 e. The molecular weight excluding hydrogens is 1090 g/mol. The lowest BCUT2D eigenvalue weighted by Gasteiger charge is -2.34. The summed E-state index contributed by atoms with van der Waals surface area (Å²) in [6.45, 7) is 38.1. The first kappa shape index (κ1) is 75.8. The van der Waals surface area contributed by atoms with Crippen LogP contribution in [0.5, 0.6) is 0 Å². The molecule has 6 unspecified atom stereocenters. The Hall–Kier alpha value is 1.81. The van der Waals surface area contributed by atoms with Crippen molar-refractivity contribution in [3.63, 3.8) is 0 Å². The van der Waals surface area contributed by atoms with Gasteiger partial charge in [0.1, 0.15) is 0 Å². The van der Waals surface area contributed by atoms with Gasteiger partial charge in [0.05, 0.1) is 0 Å². The van der Waals surface area contributed by atoms with Crippen LogP contribution in [0.15, 0.2) is 0 Å². The van der Waals surface area contributed by atoms with Crippen molar-refractivity contribution < 1.29 is 39.8 Å². The summed E-state index contributed by atoms with van der Waals surface area (Å²) in [4.78, 5) is 0. The molecule has 0 amide bonds. The van der Waals surface area contributed by atoms with Crippen LogP contribution in [-0.2, 0) is 39.8 Å². The van der Waals surface area contributed by atoms with Crippen LogP contribution in [0.1, 0.15) is 176 Å². The van der Waals surface area contributed by atoms with Crippen LogP contribution < -0.4 is 0 Å². The molecule has 74 heavy (non-hydrogen) atoms. The molecule has 0 aliphatic carbocycles. The van der Waals surface area contributed by atoms with Crippen LogP contribution in [-0.4, -0.2) is 148 Å². The Labute approximate surface area is 481 Å². The highest BCUT2D eigenvalue weighted by molar-refractivity contribution is 6.67. The quantitative estimate of drug-likeness (QED) is 0.0437. The van der Waals surface area contributed by atoms with Crippen molar-refractivity contribution in [2.45, 2.75) is 333 Å². The van der Waals surface area contributed by atoms with E-state index in [1.54, 1.807) is 0 Å². The highest BCUT2D eigenvalue weighted by Crippen LogP contribution is 2.29. The number of hydrogen-bond acceptors (Lipinski definition) is 9. The summed E-state index contributed by atoms with van der Waals surface area (Å²) in [6.07, 6.45) is 25.3. The van der Waals surface area contributed by atoms with Gasteiger partial charge in [-0.05, 0) is 137 Å². The third kappa shape index (κ3) is 43.5. The summed E-state index contributed by atoms with van der Waals surface area (Å²) < 4.78 is 62.6. The van der Waals surface area contributed by atoms with Crippen LogP contribution in [0.25, 0.3) is 0 Å². The van der Waals surface area contributed by atoms with Crippen LogP contribution in [0.4, 0.5) is 0 Å². The minimum absolute atomic E-state index is 0.194. The average Bonchev–Trinajstić information content (AvgIpc) is 3.34. The average molecular weight is 1210 g/mol. The molecular formula is C55H120O9Si10. The molecule has 0 aliphatic rings. The summed E-state index contributed by atoms with van der Waals surface area (Å²) in [6, 6.07) is 10.6. The number of unbranched alkanes of at least 4 members (excludes halogenated alkanes) is 6. The molecule has 19 heteroatoms. The van der Waals surface area contributed by atoms with Gasteiger partial charge < -0.3 is 39.8 Å². The van der Waals surface area contributed by atoms with E-state index >= 15 is 0 Å². The second kappa shape index (κ2) is 48.4. The van der Waals surface area contributed by atoms with Gasteiger partial charge in [-0.3, -0.25) is 0 Å². The van der Waals surface area contributed by atoms with Gasteiger partial charge in [0, 0.05) is 120 Å². The zero-order valence-electron chi connectivity index (χ0n) is 51.5. The lowest BCUT2D eigenvalue weighted by molar-refractivity contribution is 0.0562. The van der Waals surface area contributed by atoms with Crippen molar-refractivity contribution in [1.82, 2.24) is 0 Å². The molecule has 0 rings (SSSR count). The molecule has 12 radical (unpaired) electrons. The van der Waals surface area contributed by atoms with Crippen molar-refractivity contribution in [2.24, 2.45) is 0 Å². The molecule has 0 aliphatic heterocycles. The van der Waals surface area contributed by atoms with Gasteiger partial charge in [0.15, 0.2) is 0 Å². The Morgan fingerprint density at radius 3 is 0.608 bits per heavy atom. The van der Waals surface area contributed by atoms with Gasteiger partial charge in [-0.1, -0.05) is 153 Å². The minimum atomic E-state index is -3.08. The van der Waals surface area contributed by atoms with E-state index < -0.39 is 34.5 Å². The van der Waals surface area contributed by atoms with Gasteiger partial charge in [-0.25, -0.2) is 0 Å². The zero-order valence-corrected chi connectivity index (χ0v) is 61.5. The van der Waals surface area contributed by atoms with Gasteiger partial charge in [0.2, 0.25) is 0 Å². The van der Waals surface area contributed by atoms with Crippen molar-refractivity contribution in [2.75, 3.05) is 19.8 Å². The number of hydrogen-bond donors (Lipinski definition) is 0. The fourth-order valence-corrected chi connectivity index (χ4v) is 24.3. The molecule has 434 valence electrons. The standard InChI is InChI=1S/C55H120O9Si10/c1-50(32-17-23-41-65-7)59-71(13,60-51(2)33-18-24-42-66-8)47-29-38-56-74(16,57-39-30-48-72(14,61-52(3)34-19-25-43-67-9)62-53(4)35-20-26-44-68-10)58-40-31-49-73(15,63-54(5)36-21-27-45-69-11)64-55(6)37-22-28-46-70-12/h50-55H,17-49H2,1-16H3. The first-order valence-electron chi connectivity index (χ1n) is 30.2. The van der Waals surface area contributed by atoms with Gasteiger partial charge >= 0.3 is 34.5 Å². The highest BCUT2D eigenvalue weighted by atomic mass is 28.4. The summed E-state index contributed by atoms with van der Waals surface area (Å²) in [5.74, 6) is 0. The van der Waals surface area contributed by atoms with Crippen molar-refractivity contribution in [3.05, 3.63) is 0 Å². The molecule has 0 saturated carbocycles. The molecule has 0 aromatic carbocycles. The predicted molar refractivity (Wildman–Crippen MR) is 338 cm³/mol. The molecule has 0 spiro atoms. The van der Waals surface area contributed by atoms with Crippen molar-refractivity contribution in [1.29, 1.82) is 0 Å². The van der Waals surface area contributed by atoms with E-state index in [2.05, 4.69) is 107 Å². The SMILES string of the molecule is C[Si]CCCCC(C)O[Si](C)(CCCO[Si](C)(OCCC[Si](C)(OC(C)CCCC[Si]C)OC(C)CCCC[Si]C)OCCC[Si](C)(OC(C)CCCC[Si]C)OC(C)CCCC[Si]C)OC(C)CCCC[Si]C. The van der Waals surface area contributed by atoms with Crippen LogP contribution in [0.2, 0.25) is 120 Å². The molecule has 0 saturated heterocycles. The molecule has 0 aromatic rings. The molecule has 9 nitrogen and oxygen atoms in total. The van der Waals surface area contributed by atoms with Crippen molar-refractivity contribution in [3.8, 4) is 0 Å². The Morgan fingerprint density at radius 2 is 0.446 bits per heavy atom. The van der Waals surface area contributed by atoms with Crippen LogP contribution in [0.3, 0.4) is 0 Å². The molecule has 0 fully saturated rings. The highest BCUT2D eigenvalue weighted by Gasteiger charge is 2.41. The summed E-state index contributed by atoms with van der Waals surface area (Å²) in [7, 11) is -4.47. The van der Waals surface area contributed by atoms with E-state index in [0.717, 1.165) is 133 Å². The van der Waals surface area contributed by atoms with E-state index in [0.29, 0.717) is 19.8 Å². The zero-order chi connectivity index (χ0) is 55.4. The maximum absolute atomic E-state index is 6.99. The largest absolute Gasteiger partial charge is 0.497 e. The molecule has 0 bridgehead atoms. The Bertz CT molecular complexity index is 1040. The first-order chi connectivity index (χ1) is 35.3. The summed E-state index contributed by atoms with van der Waals surface area (Å²) in [5.41, 5.74) is 0. The van der Waals surface area contributed by atoms with E-state index in [4.69, 9.17) is 39.8 Å². The lowest BCUT2D eigenvalue weighted by atomic mass is 10.2. The Balaban J connectivity index is 6.36. The normalized spacial score (nSPS) is 18.0. The van der Waals surface area contributed by atoms with E-state index in [9.17, 15) is 0 Å². The molecule has 0 aromatic heterocycles. The third-order valence-electron chi connectivity index (χ3n) is 13.8. The van der Waals surface area contributed by atoms with Crippen LogP contribution >= 0.6 is 0 Å². The fourth-order valence-electron chi connectivity index (χ4n) is 9.82. The van der Waals surface area contributed by atoms with E-state index in [-0.39, 0.29) is 36.6 Å². The third-order valence-corrected chi connectivity index (χ3v) is 30.3. The molecule has 0 N–H and O–H groups in total. The molecule has 0 heterocycles. The van der Waals surface area contributed by atoms with Gasteiger partial charge in [0.25, 0.3) is 0 Å². The summed E-state index contributed by atoms with van der Waals surface area (Å²) >= 11 is 0. The molecule has 6 atom stereocenters.